The fraction of sp³-hybridized carbons (Fsp3) is 0.536. The van der Waals surface area contributed by atoms with Gasteiger partial charge in [-0.15, -0.1) is 0 Å². The standard InChI is InChI=1S/C28H30N2O4S/c31-21-8-5-19-13-23-28(32)10-9-22(33-15-18-3-6-20(7-4-18)29-16-35)26-27(28,24(19)25(21)34-26)11-12-30(23)14-17-1-2-17/h3-8,17,22-23,26,31-32H,1-2,9-15H2/t22-,23-,26+,27+,28-/m1/s1. The van der Waals surface area contributed by atoms with E-state index < -0.39 is 11.0 Å². The Hall–Kier alpha value is -2.28. The molecule has 0 aromatic heterocycles. The summed E-state index contributed by atoms with van der Waals surface area (Å²) in [5.41, 5.74) is 2.66. The minimum Gasteiger partial charge on any atom is -0.504 e. The molecule has 3 fully saturated rings. The highest BCUT2D eigenvalue weighted by molar-refractivity contribution is 7.78. The van der Waals surface area contributed by atoms with Crippen molar-refractivity contribution in [2.45, 2.75) is 74.4 Å². The molecule has 1 saturated heterocycles. The van der Waals surface area contributed by atoms with E-state index in [0.29, 0.717) is 18.8 Å². The quantitative estimate of drug-likeness (QED) is 0.465. The van der Waals surface area contributed by atoms with Crippen LogP contribution < -0.4 is 4.74 Å². The first-order valence-corrected chi connectivity index (χ1v) is 13.2. The largest absolute Gasteiger partial charge is 0.504 e. The third kappa shape index (κ3) is 3.12. The first-order chi connectivity index (χ1) is 17.0. The van der Waals surface area contributed by atoms with Crippen LogP contribution in [0.15, 0.2) is 41.4 Å². The number of rotatable bonds is 6. The van der Waals surface area contributed by atoms with E-state index in [2.05, 4.69) is 27.3 Å². The predicted molar refractivity (Wildman–Crippen MR) is 134 cm³/mol. The smallest absolute Gasteiger partial charge is 0.165 e. The summed E-state index contributed by atoms with van der Waals surface area (Å²) in [5, 5.41) is 25.7. The number of isothiocyanates is 1. The maximum atomic E-state index is 12.5. The number of thiocarbonyl (C=S) groups is 1. The van der Waals surface area contributed by atoms with Crippen molar-refractivity contribution in [2.24, 2.45) is 10.9 Å². The van der Waals surface area contributed by atoms with Gasteiger partial charge in [0.05, 0.1) is 34.6 Å². The number of nitrogens with zero attached hydrogens (tertiary/aromatic N) is 2. The van der Waals surface area contributed by atoms with Crippen molar-refractivity contribution in [3.8, 4) is 11.5 Å². The van der Waals surface area contributed by atoms with Crippen LogP contribution in [0.5, 0.6) is 11.5 Å². The molecule has 1 spiro atoms. The summed E-state index contributed by atoms with van der Waals surface area (Å²) in [5.74, 6) is 1.51. The molecule has 7 rings (SSSR count). The first-order valence-electron chi connectivity index (χ1n) is 12.8. The molecular formula is C28H30N2O4S. The van der Waals surface area contributed by atoms with Crippen molar-refractivity contribution in [3.05, 3.63) is 53.1 Å². The molecule has 5 aliphatic rings. The van der Waals surface area contributed by atoms with Crippen molar-refractivity contribution in [3.63, 3.8) is 0 Å². The molecule has 35 heavy (non-hydrogen) atoms. The lowest BCUT2D eigenvalue weighted by atomic mass is 9.48. The molecule has 0 radical (unpaired) electrons. The van der Waals surface area contributed by atoms with Crippen LogP contribution in [0.25, 0.3) is 0 Å². The fourth-order valence-electron chi connectivity index (χ4n) is 7.53. The average Bonchev–Trinajstić information content (AvgIpc) is 3.60. The summed E-state index contributed by atoms with van der Waals surface area (Å²) in [6, 6.07) is 11.7. The van der Waals surface area contributed by atoms with E-state index >= 15 is 0 Å². The zero-order chi connectivity index (χ0) is 23.8. The Bertz CT molecular complexity index is 1220. The summed E-state index contributed by atoms with van der Waals surface area (Å²) >= 11 is 4.69. The zero-order valence-corrected chi connectivity index (χ0v) is 20.5. The van der Waals surface area contributed by atoms with Crippen molar-refractivity contribution in [1.29, 1.82) is 0 Å². The van der Waals surface area contributed by atoms with Gasteiger partial charge in [0.1, 0.15) is 6.10 Å². The monoisotopic (exact) mass is 490 g/mol. The van der Waals surface area contributed by atoms with Crippen molar-refractivity contribution >= 4 is 23.1 Å². The molecule has 7 heteroatoms. The van der Waals surface area contributed by atoms with Gasteiger partial charge in [-0.1, -0.05) is 18.2 Å². The molecule has 3 aliphatic carbocycles. The number of aromatic hydroxyl groups is 1. The highest BCUT2D eigenvalue weighted by Crippen LogP contribution is 2.65. The highest BCUT2D eigenvalue weighted by atomic mass is 32.1. The maximum Gasteiger partial charge on any atom is 0.165 e. The average molecular weight is 491 g/mol. The summed E-state index contributed by atoms with van der Waals surface area (Å²) in [6.45, 7) is 2.48. The van der Waals surface area contributed by atoms with Crippen molar-refractivity contribution in [2.75, 3.05) is 13.1 Å². The Morgan fingerprint density at radius 3 is 2.74 bits per heavy atom. The molecule has 6 nitrogen and oxygen atoms in total. The number of ether oxygens (including phenoxy) is 2. The lowest BCUT2D eigenvalue weighted by molar-refractivity contribution is -0.217. The first kappa shape index (κ1) is 22.0. The Labute approximate surface area is 210 Å². The van der Waals surface area contributed by atoms with Crippen LogP contribution in [0.3, 0.4) is 0 Å². The third-order valence-corrected chi connectivity index (χ3v) is 9.37. The van der Waals surface area contributed by atoms with Gasteiger partial charge in [-0.05, 0) is 92.5 Å². The topological polar surface area (TPSA) is 74.5 Å². The molecule has 2 aliphatic heterocycles. The van der Waals surface area contributed by atoms with E-state index in [1.807, 2.05) is 30.3 Å². The normalized spacial score (nSPS) is 34.6. The molecule has 182 valence electrons. The molecule has 2 heterocycles. The van der Waals surface area contributed by atoms with Gasteiger partial charge in [-0.3, -0.25) is 4.90 Å². The lowest BCUT2D eigenvalue weighted by Gasteiger charge is -2.64. The number of benzene rings is 2. The number of phenols is 1. The van der Waals surface area contributed by atoms with Crippen LogP contribution in [-0.2, 0) is 23.2 Å². The second-order valence-electron chi connectivity index (χ2n) is 11.0. The summed E-state index contributed by atoms with van der Waals surface area (Å²) in [6.07, 6.45) is 5.18. The number of likely N-dealkylation sites (tertiary alicyclic amines) is 1. The molecule has 2 aromatic rings. The van der Waals surface area contributed by atoms with Crippen LogP contribution in [0.4, 0.5) is 5.69 Å². The Balaban J connectivity index is 1.23. The van der Waals surface area contributed by atoms with E-state index in [1.165, 1.54) is 18.4 Å². The van der Waals surface area contributed by atoms with Crippen molar-refractivity contribution in [1.82, 2.24) is 4.90 Å². The number of hydrogen-bond donors (Lipinski definition) is 2. The minimum atomic E-state index is -0.878. The van der Waals surface area contributed by atoms with Gasteiger partial charge in [0, 0.05) is 18.2 Å². The van der Waals surface area contributed by atoms with E-state index in [9.17, 15) is 10.2 Å². The number of aliphatic hydroxyl groups is 1. The van der Waals surface area contributed by atoms with Crippen LogP contribution in [0, 0.1) is 5.92 Å². The van der Waals surface area contributed by atoms with Crippen molar-refractivity contribution < 1.29 is 19.7 Å². The number of phenolic OH excluding ortho intramolecular Hbond substituents is 1. The number of piperidine rings is 1. The number of hydrogen-bond acceptors (Lipinski definition) is 7. The molecule has 2 saturated carbocycles. The van der Waals surface area contributed by atoms with Gasteiger partial charge in [0.2, 0.25) is 0 Å². The van der Waals surface area contributed by atoms with Crippen LogP contribution in [0.2, 0.25) is 0 Å². The van der Waals surface area contributed by atoms with Gasteiger partial charge < -0.3 is 19.7 Å². The predicted octanol–water partition coefficient (Wildman–Crippen LogP) is 4.28. The summed E-state index contributed by atoms with van der Waals surface area (Å²) in [7, 11) is 0. The van der Waals surface area contributed by atoms with E-state index in [4.69, 9.17) is 9.47 Å². The number of aliphatic imine (C=N–C) groups is 1. The molecule has 0 amide bonds. The molecule has 2 N–H and O–H groups in total. The molecule has 2 aromatic carbocycles. The Morgan fingerprint density at radius 1 is 1.14 bits per heavy atom. The van der Waals surface area contributed by atoms with Crippen LogP contribution in [-0.4, -0.2) is 57.2 Å². The minimum absolute atomic E-state index is 0.0844. The van der Waals surface area contributed by atoms with E-state index in [1.54, 1.807) is 6.07 Å². The fourth-order valence-corrected chi connectivity index (χ4v) is 7.63. The molecular weight excluding hydrogens is 460 g/mol. The van der Waals surface area contributed by atoms with Gasteiger partial charge in [0.15, 0.2) is 11.5 Å². The van der Waals surface area contributed by atoms with Crippen LogP contribution in [0.1, 0.15) is 48.8 Å². The maximum absolute atomic E-state index is 12.5. The summed E-state index contributed by atoms with van der Waals surface area (Å²) in [4.78, 5) is 6.57. The second kappa shape index (κ2) is 7.86. The van der Waals surface area contributed by atoms with Gasteiger partial charge in [0.25, 0.3) is 0 Å². The Morgan fingerprint density at radius 2 is 1.97 bits per heavy atom. The second-order valence-corrected chi connectivity index (χ2v) is 11.2. The third-order valence-electron chi connectivity index (χ3n) is 9.28. The lowest BCUT2D eigenvalue weighted by Crippen LogP contribution is -2.77. The molecule has 0 unspecified atom stereocenters. The van der Waals surface area contributed by atoms with Gasteiger partial charge in [-0.25, -0.2) is 0 Å². The highest BCUT2D eigenvalue weighted by Gasteiger charge is 2.73. The molecule has 2 bridgehead atoms. The zero-order valence-electron chi connectivity index (χ0n) is 19.7. The SMILES string of the molecule is Oc1ccc2c3c1O[C@H]1[C@H](OCc4ccc(N=C=S)cc4)CC[C@@]4(O)[C@@H](C2)N(CC2CC2)CC[C@]314. The van der Waals surface area contributed by atoms with Gasteiger partial charge >= 0.3 is 0 Å². The van der Waals surface area contributed by atoms with Gasteiger partial charge in [-0.2, -0.15) is 4.99 Å². The van der Waals surface area contributed by atoms with E-state index in [-0.39, 0.29) is 24.0 Å². The summed E-state index contributed by atoms with van der Waals surface area (Å²) < 4.78 is 13.1. The van der Waals surface area contributed by atoms with Crippen LogP contribution >= 0.6 is 12.2 Å². The molecule has 5 atom stereocenters. The Kier molecular flexibility index (Phi) is 4.93. The van der Waals surface area contributed by atoms with E-state index in [0.717, 1.165) is 55.1 Å².